The lowest BCUT2D eigenvalue weighted by Gasteiger charge is -2.35. The van der Waals surface area contributed by atoms with E-state index in [0.29, 0.717) is 0 Å². The Kier molecular flexibility index (Phi) is 3.97. The van der Waals surface area contributed by atoms with Gasteiger partial charge in [0.15, 0.2) is 0 Å². The van der Waals surface area contributed by atoms with Crippen molar-refractivity contribution in [2.45, 2.75) is 6.04 Å². The number of ether oxygens (including phenoxy) is 1. The van der Waals surface area contributed by atoms with Crippen molar-refractivity contribution in [1.82, 2.24) is 4.90 Å². The molecule has 0 saturated carbocycles. The SMILES string of the molecule is C1CN(C2CSSSC2)CCO1. The van der Waals surface area contributed by atoms with Gasteiger partial charge in [-0.3, -0.25) is 4.90 Å². The lowest BCUT2D eigenvalue weighted by atomic mass is 10.3. The summed E-state index contributed by atoms with van der Waals surface area (Å²) < 4.78 is 5.33. The highest BCUT2D eigenvalue weighted by molar-refractivity contribution is 9.09. The van der Waals surface area contributed by atoms with Crippen molar-refractivity contribution in [3.05, 3.63) is 0 Å². The minimum absolute atomic E-state index is 0.796. The van der Waals surface area contributed by atoms with Crippen LogP contribution in [0.15, 0.2) is 0 Å². The van der Waals surface area contributed by atoms with Gasteiger partial charge in [-0.05, 0) is 9.83 Å². The smallest absolute Gasteiger partial charge is 0.0594 e. The maximum Gasteiger partial charge on any atom is 0.0594 e. The molecule has 0 amide bonds. The zero-order valence-corrected chi connectivity index (χ0v) is 9.35. The fourth-order valence-corrected chi connectivity index (χ4v) is 5.84. The number of rotatable bonds is 1. The van der Waals surface area contributed by atoms with Gasteiger partial charge in [-0.2, -0.15) is 0 Å². The molecule has 2 aliphatic heterocycles. The van der Waals surface area contributed by atoms with Crippen LogP contribution < -0.4 is 0 Å². The van der Waals surface area contributed by atoms with Crippen LogP contribution in [0.1, 0.15) is 0 Å². The summed E-state index contributed by atoms with van der Waals surface area (Å²) in [5.74, 6) is 2.58. The van der Waals surface area contributed by atoms with Gasteiger partial charge in [-0.15, -0.1) is 0 Å². The van der Waals surface area contributed by atoms with Gasteiger partial charge in [-0.25, -0.2) is 0 Å². The Bertz CT molecular complexity index is 119. The Hall–Kier alpha value is 0.970. The van der Waals surface area contributed by atoms with E-state index in [-0.39, 0.29) is 0 Å². The Morgan fingerprint density at radius 3 is 2.42 bits per heavy atom. The highest BCUT2D eigenvalue weighted by Crippen LogP contribution is 2.41. The molecule has 0 aromatic rings. The number of hydrogen-bond acceptors (Lipinski definition) is 5. The van der Waals surface area contributed by atoms with Crippen molar-refractivity contribution < 1.29 is 4.74 Å². The van der Waals surface area contributed by atoms with E-state index < -0.39 is 0 Å². The molecule has 0 spiro atoms. The van der Waals surface area contributed by atoms with E-state index >= 15 is 0 Å². The first-order valence-corrected chi connectivity index (χ1v) is 8.02. The molecule has 0 radical (unpaired) electrons. The van der Waals surface area contributed by atoms with Crippen LogP contribution in [0.3, 0.4) is 0 Å². The first kappa shape index (κ1) is 9.52. The molecule has 0 bridgehead atoms. The van der Waals surface area contributed by atoms with Gasteiger partial charge in [0.2, 0.25) is 0 Å². The van der Waals surface area contributed by atoms with E-state index in [1.165, 1.54) is 11.5 Å². The standard InChI is InChI=1S/C7H13NOS3/c1-3-9-4-2-8(1)7-5-10-12-11-6-7/h7H,1-6H2. The summed E-state index contributed by atoms with van der Waals surface area (Å²) in [6.45, 7) is 4.13. The predicted molar refractivity (Wildman–Crippen MR) is 58.7 cm³/mol. The van der Waals surface area contributed by atoms with Gasteiger partial charge >= 0.3 is 0 Å². The normalized spacial score (nSPS) is 29.0. The van der Waals surface area contributed by atoms with Crippen LogP contribution in [0.4, 0.5) is 0 Å². The summed E-state index contributed by atoms with van der Waals surface area (Å²) in [5.41, 5.74) is 0. The monoisotopic (exact) mass is 223 g/mol. The van der Waals surface area contributed by atoms with E-state index in [1.54, 1.807) is 0 Å². The Morgan fingerprint density at radius 1 is 1.08 bits per heavy atom. The second kappa shape index (κ2) is 5.00. The molecule has 2 nitrogen and oxygen atoms in total. The zero-order valence-electron chi connectivity index (χ0n) is 6.90. The van der Waals surface area contributed by atoms with Crippen LogP contribution in [0.2, 0.25) is 0 Å². The highest BCUT2D eigenvalue weighted by Gasteiger charge is 2.23. The first-order valence-electron chi connectivity index (χ1n) is 4.20. The molecule has 2 aliphatic rings. The van der Waals surface area contributed by atoms with E-state index in [9.17, 15) is 0 Å². The second-order valence-electron chi connectivity index (χ2n) is 2.94. The molecule has 5 heteroatoms. The third-order valence-electron chi connectivity index (χ3n) is 2.18. The van der Waals surface area contributed by atoms with Gasteiger partial charge in [0.1, 0.15) is 0 Å². The Morgan fingerprint density at radius 2 is 1.75 bits per heavy atom. The van der Waals surface area contributed by atoms with Gasteiger partial charge in [-0.1, -0.05) is 21.6 Å². The van der Waals surface area contributed by atoms with E-state index in [0.717, 1.165) is 32.3 Å². The molecule has 0 N–H and O–H groups in total. The van der Waals surface area contributed by atoms with Crippen molar-refractivity contribution in [3.8, 4) is 0 Å². The molecule has 0 aromatic heterocycles. The summed E-state index contributed by atoms with van der Waals surface area (Å²) in [4.78, 5) is 2.57. The number of nitrogens with zero attached hydrogens (tertiary/aromatic N) is 1. The third-order valence-corrected chi connectivity index (χ3v) is 6.54. The minimum Gasteiger partial charge on any atom is -0.379 e. The summed E-state index contributed by atoms with van der Waals surface area (Å²) in [6, 6.07) is 0.796. The van der Waals surface area contributed by atoms with Crippen molar-refractivity contribution in [2.75, 3.05) is 37.8 Å². The molecule has 0 unspecified atom stereocenters. The maximum atomic E-state index is 5.33. The van der Waals surface area contributed by atoms with Crippen LogP contribution in [0.5, 0.6) is 0 Å². The number of hydrogen-bond donors (Lipinski definition) is 0. The van der Waals surface area contributed by atoms with Crippen molar-refractivity contribution in [3.63, 3.8) is 0 Å². The Balaban J connectivity index is 1.80. The summed E-state index contributed by atoms with van der Waals surface area (Å²) >= 11 is 0. The van der Waals surface area contributed by atoms with Crippen LogP contribution >= 0.6 is 31.4 Å². The van der Waals surface area contributed by atoms with E-state index in [4.69, 9.17) is 4.74 Å². The summed E-state index contributed by atoms with van der Waals surface area (Å²) in [6.07, 6.45) is 0. The zero-order chi connectivity index (χ0) is 8.23. The molecule has 2 heterocycles. The molecule has 0 aromatic carbocycles. The fraction of sp³-hybridized carbons (Fsp3) is 1.00. The van der Waals surface area contributed by atoms with Gasteiger partial charge < -0.3 is 4.74 Å². The fourth-order valence-electron chi connectivity index (χ4n) is 1.45. The quantitative estimate of drug-likeness (QED) is 0.626. The highest BCUT2D eigenvalue weighted by atomic mass is 33.5. The third kappa shape index (κ3) is 2.48. The average molecular weight is 223 g/mol. The van der Waals surface area contributed by atoms with Crippen LogP contribution in [-0.2, 0) is 4.74 Å². The first-order chi connectivity index (χ1) is 5.97. The molecule has 2 saturated heterocycles. The van der Waals surface area contributed by atoms with Crippen LogP contribution in [0, 0.1) is 0 Å². The molecule has 70 valence electrons. The Labute approximate surface area is 85.0 Å². The number of morpholine rings is 1. The van der Waals surface area contributed by atoms with Gasteiger partial charge in [0.25, 0.3) is 0 Å². The topological polar surface area (TPSA) is 12.5 Å². The summed E-state index contributed by atoms with van der Waals surface area (Å²) in [7, 11) is 5.93. The molecular formula is C7H13NOS3. The average Bonchev–Trinajstić information content (AvgIpc) is 2.21. The minimum atomic E-state index is 0.796. The predicted octanol–water partition coefficient (Wildman–Crippen LogP) is 1.73. The second-order valence-corrected chi connectivity index (χ2v) is 7.26. The van der Waals surface area contributed by atoms with Gasteiger partial charge in [0, 0.05) is 30.6 Å². The molecule has 2 rings (SSSR count). The summed E-state index contributed by atoms with van der Waals surface area (Å²) in [5, 5.41) is 0. The lowest BCUT2D eigenvalue weighted by Crippen LogP contribution is -2.46. The van der Waals surface area contributed by atoms with E-state index in [2.05, 4.69) is 4.90 Å². The lowest BCUT2D eigenvalue weighted by molar-refractivity contribution is 0.0255. The van der Waals surface area contributed by atoms with Crippen molar-refractivity contribution >= 4 is 31.4 Å². The van der Waals surface area contributed by atoms with Crippen LogP contribution in [-0.4, -0.2) is 48.8 Å². The molecule has 12 heavy (non-hydrogen) atoms. The molecular weight excluding hydrogens is 210 g/mol. The van der Waals surface area contributed by atoms with Crippen LogP contribution in [0.25, 0.3) is 0 Å². The van der Waals surface area contributed by atoms with E-state index in [1.807, 2.05) is 31.4 Å². The van der Waals surface area contributed by atoms with Crippen molar-refractivity contribution in [1.29, 1.82) is 0 Å². The molecule has 0 atom stereocenters. The molecule has 2 fully saturated rings. The van der Waals surface area contributed by atoms with Crippen molar-refractivity contribution in [2.24, 2.45) is 0 Å². The largest absolute Gasteiger partial charge is 0.379 e. The maximum absolute atomic E-state index is 5.33. The molecule has 0 aliphatic carbocycles. The van der Waals surface area contributed by atoms with Gasteiger partial charge in [0.05, 0.1) is 13.2 Å².